The number of aryl methyl sites for hydroxylation is 1. The van der Waals surface area contributed by atoms with Crippen molar-refractivity contribution in [3.8, 4) is 5.75 Å². The van der Waals surface area contributed by atoms with E-state index < -0.39 is 5.97 Å². The van der Waals surface area contributed by atoms with Crippen LogP contribution in [-0.4, -0.2) is 17.3 Å². The van der Waals surface area contributed by atoms with E-state index in [0.717, 1.165) is 0 Å². The van der Waals surface area contributed by atoms with Gasteiger partial charge in [0.05, 0.1) is 11.3 Å². The van der Waals surface area contributed by atoms with Crippen molar-refractivity contribution in [2.24, 2.45) is 4.99 Å². The van der Waals surface area contributed by atoms with Crippen LogP contribution in [0.3, 0.4) is 0 Å². The molecule has 0 saturated heterocycles. The minimum absolute atomic E-state index is 0.0295. The molecule has 0 atom stereocenters. The Morgan fingerprint density at radius 2 is 2.00 bits per heavy atom. The van der Waals surface area contributed by atoms with E-state index in [2.05, 4.69) is 4.99 Å². The summed E-state index contributed by atoms with van der Waals surface area (Å²) in [6, 6.07) is 7.38. The van der Waals surface area contributed by atoms with Crippen molar-refractivity contribution < 1.29 is 15.0 Å². The third-order valence-corrected chi connectivity index (χ3v) is 3.32. The molecule has 21 heavy (non-hydrogen) atoms. The summed E-state index contributed by atoms with van der Waals surface area (Å²) < 4.78 is 0. The molecule has 0 heterocycles. The monoisotopic (exact) mass is 322 g/mol. The van der Waals surface area contributed by atoms with E-state index in [1.165, 1.54) is 30.5 Å². The van der Waals surface area contributed by atoms with E-state index in [9.17, 15) is 9.90 Å². The first-order chi connectivity index (χ1) is 9.88. The van der Waals surface area contributed by atoms with Crippen LogP contribution in [0.4, 0.5) is 5.69 Å². The van der Waals surface area contributed by atoms with Crippen molar-refractivity contribution >= 4 is 41.1 Å². The van der Waals surface area contributed by atoms with E-state index in [1.54, 1.807) is 13.0 Å². The molecule has 0 aliphatic rings. The molecule has 0 spiro atoms. The van der Waals surface area contributed by atoms with Gasteiger partial charge in [0.25, 0.3) is 0 Å². The molecule has 6 heteroatoms. The molecule has 0 amide bonds. The molecule has 0 aliphatic carbocycles. The largest absolute Gasteiger partial charge is 0.871 e. The number of hydrogen-bond donors (Lipinski definition) is 1. The van der Waals surface area contributed by atoms with Crippen LogP contribution in [0.25, 0.3) is 0 Å². The van der Waals surface area contributed by atoms with Gasteiger partial charge in [-0.25, -0.2) is 4.79 Å². The molecular formula is C15H10Cl2NO3-. The molecule has 1 N–H and O–H groups in total. The smallest absolute Gasteiger partial charge is 0.335 e. The average molecular weight is 323 g/mol. The van der Waals surface area contributed by atoms with Gasteiger partial charge in [-0.05, 0) is 48.4 Å². The maximum absolute atomic E-state index is 11.8. The van der Waals surface area contributed by atoms with E-state index in [4.69, 9.17) is 28.3 Å². The first kappa shape index (κ1) is 15.4. The molecule has 0 aromatic heterocycles. The second-order valence-electron chi connectivity index (χ2n) is 4.37. The second-order valence-corrected chi connectivity index (χ2v) is 5.21. The summed E-state index contributed by atoms with van der Waals surface area (Å²) in [4.78, 5) is 15.0. The van der Waals surface area contributed by atoms with Crippen molar-refractivity contribution in [1.82, 2.24) is 0 Å². The van der Waals surface area contributed by atoms with Gasteiger partial charge in [0.1, 0.15) is 0 Å². The third kappa shape index (κ3) is 3.54. The second kappa shape index (κ2) is 6.16. The fraction of sp³-hybridized carbons (Fsp3) is 0.0667. The molecular weight excluding hydrogens is 313 g/mol. The highest BCUT2D eigenvalue weighted by molar-refractivity contribution is 6.36. The van der Waals surface area contributed by atoms with Crippen molar-refractivity contribution in [3.05, 3.63) is 57.1 Å². The summed E-state index contributed by atoms with van der Waals surface area (Å²) in [6.07, 6.45) is 1.36. The number of aliphatic imine (C=N–C) groups is 1. The van der Waals surface area contributed by atoms with Crippen molar-refractivity contribution in [2.75, 3.05) is 0 Å². The number of benzene rings is 2. The molecule has 0 radical (unpaired) electrons. The van der Waals surface area contributed by atoms with Crippen LogP contribution in [0.15, 0.2) is 35.3 Å². The first-order valence-electron chi connectivity index (χ1n) is 5.92. The molecule has 2 aromatic rings. The van der Waals surface area contributed by atoms with Gasteiger partial charge in [-0.2, -0.15) is 0 Å². The minimum atomic E-state index is -1.00. The molecule has 0 fully saturated rings. The SMILES string of the molecule is Cc1cc(C(=O)O)ccc1N=Cc1cc(Cl)cc(Cl)c1[O-]. The van der Waals surface area contributed by atoms with Crippen molar-refractivity contribution in [3.63, 3.8) is 0 Å². The van der Waals surface area contributed by atoms with Crippen LogP contribution < -0.4 is 5.11 Å². The molecule has 0 aliphatic heterocycles. The lowest BCUT2D eigenvalue weighted by molar-refractivity contribution is -0.268. The van der Waals surface area contributed by atoms with Gasteiger partial charge in [-0.15, -0.1) is 0 Å². The average Bonchev–Trinajstić information content (AvgIpc) is 2.42. The topological polar surface area (TPSA) is 72.7 Å². The molecule has 0 unspecified atom stereocenters. The van der Waals surface area contributed by atoms with Gasteiger partial charge in [0, 0.05) is 16.3 Å². The predicted molar refractivity (Wildman–Crippen MR) is 81.3 cm³/mol. The Bertz CT molecular complexity index is 742. The van der Waals surface area contributed by atoms with Crippen molar-refractivity contribution in [2.45, 2.75) is 6.92 Å². The predicted octanol–water partition coefficient (Wildman–Crippen LogP) is 3.82. The van der Waals surface area contributed by atoms with E-state index in [1.807, 2.05) is 0 Å². The molecule has 2 aromatic carbocycles. The fourth-order valence-corrected chi connectivity index (χ4v) is 2.26. The Balaban J connectivity index is 2.36. The Morgan fingerprint density at radius 3 is 2.62 bits per heavy atom. The lowest BCUT2D eigenvalue weighted by Gasteiger charge is -2.12. The molecule has 0 saturated carbocycles. The number of aromatic carboxylic acids is 1. The quantitative estimate of drug-likeness (QED) is 0.873. The number of carboxylic acids is 1. The zero-order chi connectivity index (χ0) is 15.6. The Labute approximate surface area is 131 Å². The number of nitrogens with zero attached hydrogens (tertiary/aromatic N) is 1. The minimum Gasteiger partial charge on any atom is -0.871 e. The standard InChI is InChI=1S/C15H11Cl2NO3/c1-8-4-9(15(20)21)2-3-13(8)18-7-10-5-11(16)6-12(17)14(10)19/h2-7,19H,1H3,(H,20,21)/p-1. The first-order valence-corrected chi connectivity index (χ1v) is 6.68. The maximum atomic E-state index is 11.8. The maximum Gasteiger partial charge on any atom is 0.335 e. The summed E-state index contributed by atoms with van der Waals surface area (Å²) in [5.41, 5.74) is 1.71. The van der Waals surface area contributed by atoms with Gasteiger partial charge in [-0.1, -0.05) is 29.0 Å². The molecule has 2 rings (SSSR count). The number of carboxylic acid groups (broad SMARTS) is 1. The van der Waals surface area contributed by atoms with Gasteiger partial charge in [0.15, 0.2) is 0 Å². The summed E-state index contributed by atoms with van der Waals surface area (Å²) in [5.74, 6) is -1.36. The lowest BCUT2D eigenvalue weighted by Crippen LogP contribution is -1.98. The number of carbonyl (C=O) groups is 1. The normalized spacial score (nSPS) is 11.0. The fourth-order valence-electron chi connectivity index (χ4n) is 1.75. The number of halogens is 2. The van der Waals surface area contributed by atoms with Crippen LogP contribution in [0.1, 0.15) is 21.5 Å². The summed E-state index contributed by atoms with van der Waals surface area (Å²) >= 11 is 11.6. The van der Waals surface area contributed by atoms with Gasteiger partial charge < -0.3 is 10.2 Å². The Hall–Kier alpha value is -2.04. The van der Waals surface area contributed by atoms with Gasteiger partial charge in [-0.3, -0.25) is 4.99 Å². The highest BCUT2D eigenvalue weighted by Crippen LogP contribution is 2.28. The number of rotatable bonds is 3. The van der Waals surface area contributed by atoms with Crippen LogP contribution in [0.5, 0.6) is 5.75 Å². The zero-order valence-corrected chi connectivity index (χ0v) is 12.4. The van der Waals surface area contributed by atoms with Crippen LogP contribution in [0, 0.1) is 6.92 Å². The Kier molecular flexibility index (Phi) is 4.50. The van der Waals surface area contributed by atoms with Crippen LogP contribution >= 0.6 is 23.2 Å². The van der Waals surface area contributed by atoms with E-state index in [-0.39, 0.29) is 21.9 Å². The van der Waals surface area contributed by atoms with E-state index >= 15 is 0 Å². The number of hydrogen-bond acceptors (Lipinski definition) is 3. The van der Waals surface area contributed by atoms with Crippen molar-refractivity contribution in [1.29, 1.82) is 0 Å². The Morgan fingerprint density at radius 1 is 1.29 bits per heavy atom. The van der Waals surface area contributed by atoms with E-state index in [0.29, 0.717) is 16.3 Å². The third-order valence-electron chi connectivity index (χ3n) is 2.82. The molecule has 0 bridgehead atoms. The lowest BCUT2D eigenvalue weighted by atomic mass is 10.1. The van der Waals surface area contributed by atoms with Crippen LogP contribution in [-0.2, 0) is 0 Å². The molecule has 4 nitrogen and oxygen atoms in total. The van der Waals surface area contributed by atoms with Gasteiger partial charge >= 0.3 is 5.97 Å². The van der Waals surface area contributed by atoms with Gasteiger partial charge in [0.2, 0.25) is 0 Å². The summed E-state index contributed by atoms with van der Waals surface area (Å²) in [6.45, 7) is 1.74. The molecule has 108 valence electrons. The summed E-state index contributed by atoms with van der Waals surface area (Å²) in [7, 11) is 0. The zero-order valence-electron chi connectivity index (χ0n) is 10.9. The highest BCUT2D eigenvalue weighted by Gasteiger charge is 2.05. The summed E-state index contributed by atoms with van der Waals surface area (Å²) in [5, 5.41) is 21.1. The van der Waals surface area contributed by atoms with Crippen LogP contribution in [0.2, 0.25) is 10.0 Å². The highest BCUT2D eigenvalue weighted by atomic mass is 35.5.